The first-order valence-corrected chi connectivity index (χ1v) is 17.7. The molecule has 3 heterocycles. The van der Waals surface area contributed by atoms with Crippen LogP contribution in [0.4, 0.5) is 0 Å². The molecule has 2 aliphatic rings. The third-order valence-electron chi connectivity index (χ3n) is 11.1. The number of benzene rings is 6. The molecule has 1 aliphatic heterocycles. The number of hydrogen-bond donors (Lipinski definition) is 2. The summed E-state index contributed by atoms with van der Waals surface area (Å²) in [5.41, 5.74) is 10.3. The summed E-state index contributed by atoms with van der Waals surface area (Å²) in [4.78, 5) is 4.02. The fraction of sp³-hybridized carbons (Fsp3) is 0.152. The molecule has 0 saturated carbocycles. The van der Waals surface area contributed by atoms with Gasteiger partial charge < -0.3 is 4.42 Å². The van der Waals surface area contributed by atoms with Crippen molar-refractivity contribution in [1.82, 2.24) is 9.88 Å². The molecule has 0 amide bonds. The number of nitrogens with zero attached hydrogens (tertiary/aromatic N) is 1. The quantitative estimate of drug-likeness (QED) is 0.200. The van der Waals surface area contributed by atoms with Crippen LogP contribution in [-0.4, -0.2) is 10.3 Å². The minimum Gasteiger partial charge on any atom is -0.460 e. The van der Waals surface area contributed by atoms with Crippen LogP contribution in [0.5, 0.6) is 0 Å². The van der Waals surface area contributed by atoms with E-state index in [2.05, 4.69) is 174 Å². The van der Waals surface area contributed by atoms with E-state index in [4.69, 9.17) is 4.42 Å². The van der Waals surface area contributed by atoms with Crippen LogP contribution in [0.3, 0.4) is 0 Å². The minimum atomic E-state index is -0.389. The number of allylic oxidation sites excluding steroid dienone is 1. The maximum absolute atomic E-state index is 6.43. The second kappa shape index (κ2) is 11.2. The normalized spacial score (nSPS) is 20.5. The second-order valence-corrected chi connectivity index (χ2v) is 14.3. The first-order valence-electron chi connectivity index (χ1n) is 17.7. The smallest absolute Gasteiger partial charge is 0.291 e. The van der Waals surface area contributed by atoms with Gasteiger partial charge in [0, 0.05) is 33.2 Å². The van der Waals surface area contributed by atoms with Gasteiger partial charge in [0.15, 0.2) is 5.71 Å². The molecular weight excluding hydrogens is 611 g/mol. The van der Waals surface area contributed by atoms with Gasteiger partial charge in [0.05, 0.1) is 23.0 Å². The molecule has 10 rings (SSSR count). The molecule has 4 heteroatoms. The third-order valence-corrected chi connectivity index (χ3v) is 11.1. The molecule has 1 aliphatic carbocycles. The summed E-state index contributed by atoms with van der Waals surface area (Å²) in [6.07, 6.45) is 6.12. The molecule has 2 N–H and O–H groups in total. The van der Waals surface area contributed by atoms with Gasteiger partial charge in [-0.3, -0.25) is 4.57 Å². The summed E-state index contributed by atoms with van der Waals surface area (Å²) in [6.45, 7) is 4.61. The van der Waals surface area contributed by atoms with Gasteiger partial charge in [-0.05, 0) is 77.2 Å². The lowest BCUT2D eigenvalue weighted by atomic mass is 9.82. The van der Waals surface area contributed by atoms with Crippen LogP contribution in [0.15, 0.2) is 144 Å². The van der Waals surface area contributed by atoms with Gasteiger partial charge in [-0.2, -0.15) is 0 Å². The molecule has 0 saturated heterocycles. The summed E-state index contributed by atoms with van der Waals surface area (Å²) in [5, 5.41) is 10.4. The third kappa shape index (κ3) is 4.52. The highest BCUT2D eigenvalue weighted by atomic mass is 16.3. The van der Waals surface area contributed by atoms with E-state index < -0.39 is 0 Å². The Balaban J connectivity index is 1.21. The molecular formula is C46H38N3O+. The van der Waals surface area contributed by atoms with E-state index in [1.165, 1.54) is 71.5 Å². The van der Waals surface area contributed by atoms with Gasteiger partial charge in [0.1, 0.15) is 11.3 Å². The number of fused-ring (bicyclic) bond motifs is 8. The highest BCUT2D eigenvalue weighted by Crippen LogP contribution is 2.41. The number of rotatable bonds is 4. The Bertz CT molecular complexity index is 2660. The van der Waals surface area contributed by atoms with Gasteiger partial charge in [-0.15, -0.1) is 0 Å². The Morgan fingerprint density at radius 3 is 2.34 bits per heavy atom. The average Bonchev–Trinajstić information content (AvgIpc) is 3.71. The Kier molecular flexibility index (Phi) is 6.52. The van der Waals surface area contributed by atoms with Crippen LogP contribution >= 0.6 is 0 Å². The summed E-state index contributed by atoms with van der Waals surface area (Å²) in [7, 11) is 0. The van der Waals surface area contributed by atoms with Crippen LogP contribution in [0.25, 0.3) is 60.8 Å². The van der Waals surface area contributed by atoms with Crippen molar-refractivity contribution in [3.05, 3.63) is 162 Å². The van der Waals surface area contributed by atoms with E-state index in [9.17, 15) is 0 Å². The summed E-state index contributed by atoms with van der Waals surface area (Å²) in [5.74, 6) is 1.48. The Morgan fingerprint density at radius 1 is 0.720 bits per heavy atom. The molecule has 4 nitrogen and oxygen atoms in total. The molecule has 0 spiro atoms. The topological polar surface area (TPSA) is 44.1 Å². The van der Waals surface area contributed by atoms with Crippen molar-refractivity contribution >= 4 is 55.3 Å². The molecule has 3 atom stereocenters. The van der Waals surface area contributed by atoms with Crippen molar-refractivity contribution in [3.8, 4) is 11.1 Å². The van der Waals surface area contributed by atoms with Gasteiger partial charge >= 0.3 is 0 Å². The van der Waals surface area contributed by atoms with Crippen molar-refractivity contribution in [2.45, 2.75) is 44.4 Å². The molecule has 0 fully saturated rings. The van der Waals surface area contributed by atoms with Crippen molar-refractivity contribution in [2.24, 2.45) is 0 Å². The first kappa shape index (κ1) is 29.2. The standard InChI is InChI=1S/C46H37N3O/c1-29-12-11-19-36-38-27-34(22-25-42(38)50-44(29)36)46(2)28-39(32-16-7-4-8-17-32)47-45(48-46)49-40-24-21-31-15-9-10-18-35(31)43(40)37-23-20-33(26-41(37)49)30-13-5-3-6-14-30/h3-11,13-27,29,45,48H,12,28H2,1-2H3/p+1. The predicted molar refractivity (Wildman–Crippen MR) is 206 cm³/mol. The number of nitrogens with one attached hydrogen (secondary N) is 2. The summed E-state index contributed by atoms with van der Waals surface area (Å²) in [6, 6.07) is 48.6. The van der Waals surface area contributed by atoms with Crippen molar-refractivity contribution in [2.75, 3.05) is 0 Å². The van der Waals surface area contributed by atoms with Crippen molar-refractivity contribution < 1.29 is 9.41 Å². The van der Waals surface area contributed by atoms with Crippen molar-refractivity contribution in [1.29, 1.82) is 0 Å². The van der Waals surface area contributed by atoms with E-state index >= 15 is 0 Å². The van der Waals surface area contributed by atoms with Crippen LogP contribution in [0.2, 0.25) is 0 Å². The van der Waals surface area contributed by atoms with Gasteiger partial charge in [-0.25, -0.2) is 10.3 Å². The molecule has 8 aromatic rings. The van der Waals surface area contributed by atoms with E-state index in [0.29, 0.717) is 5.92 Å². The fourth-order valence-corrected chi connectivity index (χ4v) is 8.52. The lowest BCUT2D eigenvalue weighted by Gasteiger charge is -2.36. The molecule has 0 bridgehead atoms. The Labute approximate surface area is 291 Å². The molecule has 0 radical (unpaired) electrons. The second-order valence-electron chi connectivity index (χ2n) is 14.3. The van der Waals surface area contributed by atoms with Crippen molar-refractivity contribution in [3.63, 3.8) is 0 Å². The highest BCUT2D eigenvalue weighted by Gasteiger charge is 2.41. The largest absolute Gasteiger partial charge is 0.460 e. The first-order chi connectivity index (χ1) is 24.5. The van der Waals surface area contributed by atoms with Gasteiger partial charge in [0.25, 0.3) is 6.29 Å². The maximum Gasteiger partial charge on any atom is 0.291 e. The SMILES string of the molecule is CC1CC=Cc2c1oc1ccc(C3(C)CC(c4ccccc4)=[NH+]C(n4c5cc(-c6ccccc6)ccc5c5c6ccccc6ccc54)N3)cc21. The van der Waals surface area contributed by atoms with Crippen LogP contribution in [0.1, 0.15) is 61.3 Å². The zero-order chi connectivity index (χ0) is 33.4. The number of aromatic nitrogens is 1. The van der Waals surface area contributed by atoms with E-state index in [1.54, 1.807) is 0 Å². The average molecular weight is 649 g/mol. The maximum atomic E-state index is 6.43. The van der Waals surface area contributed by atoms with E-state index in [0.717, 1.165) is 24.2 Å². The summed E-state index contributed by atoms with van der Waals surface area (Å²) < 4.78 is 8.93. The lowest BCUT2D eigenvalue weighted by molar-refractivity contribution is -0.548. The molecule has 3 unspecified atom stereocenters. The fourth-order valence-electron chi connectivity index (χ4n) is 8.52. The molecule has 242 valence electrons. The predicted octanol–water partition coefficient (Wildman–Crippen LogP) is 9.82. The van der Waals surface area contributed by atoms with Crippen LogP contribution < -0.4 is 10.3 Å². The zero-order valence-electron chi connectivity index (χ0n) is 28.3. The zero-order valence-corrected chi connectivity index (χ0v) is 28.3. The van der Waals surface area contributed by atoms with Crippen LogP contribution in [0, 0.1) is 0 Å². The summed E-state index contributed by atoms with van der Waals surface area (Å²) >= 11 is 0. The highest BCUT2D eigenvalue weighted by molar-refractivity contribution is 6.21. The Hall–Kier alpha value is -5.71. The Morgan fingerprint density at radius 2 is 1.50 bits per heavy atom. The molecule has 2 aromatic heterocycles. The van der Waals surface area contributed by atoms with Crippen LogP contribution in [-0.2, 0) is 5.54 Å². The van der Waals surface area contributed by atoms with E-state index in [-0.39, 0.29) is 11.8 Å². The monoisotopic (exact) mass is 648 g/mol. The minimum absolute atomic E-state index is 0.231. The molecule has 50 heavy (non-hydrogen) atoms. The number of hydrogen-bond acceptors (Lipinski definition) is 2. The number of furan rings is 1. The lowest BCUT2D eigenvalue weighted by Crippen LogP contribution is -2.85. The van der Waals surface area contributed by atoms with E-state index in [1.807, 2.05) is 0 Å². The van der Waals surface area contributed by atoms with Gasteiger partial charge in [0.2, 0.25) is 0 Å². The molecule has 6 aromatic carbocycles. The van der Waals surface area contributed by atoms with Gasteiger partial charge in [-0.1, -0.05) is 116 Å².